The highest BCUT2D eigenvalue weighted by Gasteiger charge is 2.29. The summed E-state index contributed by atoms with van der Waals surface area (Å²) >= 11 is 0. The second-order valence-electron chi connectivity index (χ2n) is 5.22. The van der Waals surface area contributed by atoms with Gasteiger partial charge in [-0.15, -0.1) is 0 Å². The van der Waals surface area contributed by atoms with Crippen LogP contribution in [0.5, 0.6) is 5.75 Å². The molecule has 92 valence electrons. The molecule has 1 aromatic carbocycles. The van der Waals surface area contributed by atoms with Gasteiger partial charge in [0.05, 0.1) is 5.56 Å². The number of rotatable bonds is 3. The molecular formula is C14H19NO2. The molecule has 0 radical (unpaired) electrons. The van der Waals surface area contributed by atoms with Crippen LogP contribution in [0.1, 0.15) is 43.0 Å². The quantitative estimate of drug-likeness (QED) is 0.843. The molecule has 1 saturated carbocycles. The van der Waals surface area contributed by atoms with Gasteiger partial charge < -0.3 is 10.4 Å². The van der Waals surface area contributed by atoms with Crippen molar-refractivity contribution in [2.75, 3.05) is 6.54 Å². The lowest BCUT2D eigenvalue weighted by Gasteiger charge is -2.23. The molecule has 1 fully saturated rings. The Labute approximate surface area is 102 Å². The Bertz CT molecular complexity index is 408. The summed E-state index contributed by atoms with van der Waals surface area (Å²) in [5, 5.41) is 12.5. The summed E-state index contributed by atoms with van der Waals surface area (Å²) < 4.78 is 0. The molecular weight excluding hydrogens is 214 g/mol. The van der Waals surface area contributed by atoms with Crippen LogP contribution in [0.3, 0.4) is 0 Å². The van der Waals surface area contributed by atoms with E-state index in [0.717, 1.165) is 0 Å². The second kappa shape index (κ2) is 4.78. The van der Waals surface area contributed by atoms with Gasteiger partial charge in [-0.1, -0.05) is 31.9 Å². The molecule has 3 heteroatoms. The van der Waals surface area contributed by atoms with E-state index < -0.39 is 0 Å². The number of aromatic hydroxyl groups is 1. The van der Waals surface area contributed by atoms with E-state index >= 15 is 0 Å². The van der Waals surface area contributed by atoms with E-state index in [2.05, 4.69) is 12.2 Å². The number of phenols is 1. The maximum Gasteiger partial charge on any atom is 0.255 e. The summed E-state index contributed by atoms with van der Waals surface area (Å²) in [4.78, 5) is 11.9. The minimum atomic E-state index is -0.184. The zero-order chi connectivity index (χ0) is 12.3. The molecule has 1 amide bonds. The van der Waals surface area contributed by atoms with Crippen LogP contribution in [0.2, 0.25) is 0 Å². The number of hydrogen-bond acceptors (Lipinski definition) is 2. The summed E-state index contributed by atoms with van der Waals surface area (Å²) in [5.41, 5.74) is 0.592. The van der Waals surface area contributed by atoms with Crippen molar-refractivity contribution in [3.05, 3.63) is 29.8 Å². The largest absolute Gasteiger partial charge is 0.507 e. The highest BCUT2D eigenvalue weighted by molar-refractivity contribution is 5.96. The maximum atomic E-state index is 11.9. The van der Waals surface area contributed by atoms with Gasteiger partial charge in [-0.05, 0) is 30.4 Å². The Morgan fingerprint density at radius 1 is 1.35 bits per heavy atom. The predicted octanol–water partition coefficient (Wildman–Crippen LogP) is 2.70. The number of amides is 1. The fraction of sp³-hybridized carbons (Fsp3) is 0.500. The van der Waals surface area contributed by atoms with E-state index in [1.54, 1.807) is 18.2 Å². The number of carbonyl (C=O) groups excluding carboxylic acids is 1. The molecule has 17 heavy (non-hydrogen) atoms. The van der Waals surface area contributed by atoms with Crippen LogP contribution < -0.4 is 5.32 Å². The number of carbonyl (C=O) groups is 1. The topological polar surface area (TPSA) is 49.3 Å². The van der Waals surface area contributed by atoms with Gasteiger partial charge in [-0.3, -0.25) is 4.79 Å². The standard InChI is InChI=1S/C14H19NO2/c1-14(8-4-5-9-14)10-15-13(17)11-6-2-3-7-12(11)16/h2-3,6-7,16H,4-5,8-10H2,1H3,(H,15,17). The van der Waals surface area contributed by atoms with Crippen LogP contribution in [0, 0.1) is 5.41 Å². The first kappa shape index (κ1) is 12.0. The average molecular weight is 233 g/mol. The van der Waals surface area contributed by atoms with Crippen molar-refractivity contribution in [2.24, 2.45) is 5.41 Å². The van der Waals surface area contributed by atoms with E-state index in [1.165, 1.54) is 31.7 Å². The van der Waals surface area contributed by atoms with Gasteiger partial charge in [0.2, 0.25) is 0 Å². The van der Waals surface area contributed by atoms with Crippen molar-refractivity contribution in [3.8, 4) is 5.75 Å². The van der Waals surface area contributed by atoms with Crippen LogP contribution in [0.4, 0.5) is 0 Å². The summed E-state index contributed by atoms with van der Waals surface area (Å²) in [7, 11) is 0. The molecule has 0 heterocycles. The molecule has 1 aromatic rings. The third-order valence-electron chi connectivity index (χ3n) is 3.64. The third kappa shape index (κ3) is 2.78. The first-order chi connectivity index (χ1) is 8.11. The summed E-state index contributed by atoms with van der Waals surface area (Å²) in [5.74, 6) is -0.141. The summed E-state index contributed by atoms with van der Waals surface area (Å²) in [6.45, 7) is 2.91. The Morgan fingerprint density at radius 2 is 2.00 bits per heavy atom. The van der Waals surface area contributed by atoms with Crippen LogP contribution in [-0.4, -0.2) is 17.6 Å². The number of nitrogens with one attached hydrogen (secondary N) is 1. The molecule has 0 atom stereocenters. The molecule has 1 aliphatic rings. The normalized spacial score (nSPS) is 17.9. The zero-order valence-corrected chi connectivity index (χ0v) is 10.2. The molecule has 0 aliphatic heterocycles. The second-order valence-corrected chi connectivity index (χ2v) is 5.22. The van der Waals surface area contributed by atoms with E-state index in [4.69, 9.17) is 0 Å². The Balaban J connectivity index is 1.96. The molecule has 0 aromatic heterocycles. The summed E-state index contributed by atoms with van der Waals surface area (Å²) in [6, 6.07) is 6.64. The van der Waals surface area contributed by atoms with Gasteiger partial charge in [0.15, 0.2) is 0 Å². The fourth-order valence-corrected chi connectivity index (χ4v) is 2.46. The van der Waals surface area contributed by atoms with Crippen LogP contribution >= 0.6 is 0 Å². The zero-order valence-electron chi connectivity index (χ0n) is 10.2. The lowest BCUT2D eigenvalue weighted by molar-refractivity contribution is 0.0931. The Hall–Kier alpha value is -1.51. The molecule has 0 bridgehead atoms. The van der Waals surface area contributed by atoms with Crippen molar-refractivity contribution in [2.45, 2.75) is 32.6 Å². The van der Waals surface area contributed by atoms with E-state index in [9.17, 15) is 9.90 Å². The highest BCUT2D eigenvalue weighted by atomic mass is 16.3. The van der Waals surface area contributed by atoms with Crippen LogP contribution in [0.25, 0.3) is 0 Å². The van der Waals surface area contributed by atoms with Gasteiger partial charge in [0.1, 0.15) is 5.75 Å². The molecule has 1 aliphatic carbocycles. The SMILES string of the molecule is CC1(CNC(=O)c2ccccc2O)CCCC1. The van der Waals surface area contributed by atoms with Crippen LogP contribution in [0.15, 0.2) is 24.3 Å². The minimum Gasteiger partial charge on any atom is -0.507 e. The molecule has 0 saturated heterocycles. The van der Waals surface area contributed by atoms with Gasteiger partial charge in [-0.2, -0.15) is 0 Å². The first-order valence-electron chi connectivity index (χ1n) is 6.17. The molecule has 2 N–H and O–H groups in total. The number of para-hydroxylation sites is 1. The monoisotopic (exact) mass is 233 g/mol. The number of phenolic OH excluding ortho intramolecular Hbond substituents is 1. The summed E-state index contributed by atoms with van der Waals surface area (Å²) in [6.07, 6.45) is 4.86. The van der Waals surface area contributed by atoms with Crippen LogP contribution in [-0.2, 0) is 0 Å². The highest BCUT2D eigenvalue weighted by Crippen LogP contribution is 2.36. The van der Waals surface area contributed by atoms with Crippen molar-refractivity contribution >= 4 is 5.91 Å². The van der Waals surface area contributed by atoms with E-state index in [-0.39, 0.29) is 17.1 Å². The van der Waals surface area contributed by atoms with Gasteiger partial charge in [-0.25, -0.2) is 0 Å². The first-order valence-corrected chi connectivity index (χ1v) is 6.17. The van der Waals surface area contributed by atoms with Gasteiger partial charge in [0, 0.05) is 6.54 Å². The van der Waals surface area contributed by atoms with Crippen molar-refractivity contribution in [3.63, 3.8) is 0 Å². The predicted molar refractivity (Wildman–Crippen MR) is 67.0 cm³/mol. The maximum absolute atomic E-state index is 11.9. The number of benzene rings is 1. The van der Waals surface area contributed by atoms with Crippen molar-refractivity contribution < 1.29 is 9.90 Å². The van der Waals surface area contributed by atoms with Gasteiger partial charge in [0.25, 0.3) is 5.91 Å². The van der Waals surface area contributed by atoms with Crippen molar-refractivity contribution in [1.29, 1.82) is 0 Å². The lowest BCUT2D eigenvalue weighted by Crippen LogP contribution is -2.34. The lowest BCUT2D eigenvalue weighted by atomic mass is 9.89. The third-order valence-corrected chi connectivity index (χ3v) is 3.64. The fourth-order valence-electron chi connectivity index (χ4n) is 2.46. The molecule has 0 spiro atoms. The van der Waals surface area contributed by atoms with Crippen molar-refractivity contribution in [1.82, 2.24) is 5.32 Å². The smallest absolute Gasteiger partial charge is 0.255 e. The van der Waals surface area contributed by atoms with E-state index in [0.29, 0.717) is 12.1 Å². The van der Waals surface area contributed by atoms with Gasteiger partial charge >= 0.3 is 0 Å². The minimum absolute atomic E-state index is 0.0431. The molecule has 2 rings (SSSR count). The Morgan fingerprint density at radius 3 is 2.65 bits per heavy atom. The van der Waals surface area contributed by atoms with E-state index in [1.807, 2.05) is 0 Å². The average Bonchev–Trinajstić information content (AvgIpc) is 2.74. The molecule has 3 nitrogen and oxygen atoms in total. The number of hydrogen-bond donors (Lipinski definition) is 2. The Kier molecular flexibility index (Phi) is 3.36. The molecule has 0 unspecified atom stereocenters.